The van der Waals surface area contributed by atoms with Gasteiger partial charge in [0.1, 0.15) is 5.60 Å². The Morgan fingerprint density at radius 2 is 2.03 bits per heavy atom. The average molecular weight is 398 g/mol. The number of carbonyl (C=O) groups is 2. The zero-order valence-corrected chi connectivity index (χ0v) is 16.4. The number of aliphatic hydroxyl groups excluding tert-OH is 1. The first-order valence-electron chi connectivity index (χ1n) is 9.10. The van der Waals surface area contributed by atoms with Crippen LogP contribution in [0.15, 0.2) is 36.5 Å². The van der Waals surface area contributed by atoms with E-state index in [1.165, 1.54) is 4.90 Å². The third-order valence-electron chi connectivity index (χ3n) is 4.17. The summed E-state index contributed by atoms with van der Waals surface area (Å²) in [4.78, 5) is 26.3. The number of nitriles is 1. The van der Waals surface area contributed by atoms with Crippen LogP contribution in [0.2, 0.25) is 0 Å². The number of rotatable bonds is 4. The molecule has 1 aliphatic heterocycles. The van der Waals surface area contributed by atoms with Gasteiger partial charge in [0.05, 0.1) is 30.5 Å². The quantitative estimate of drug-likeness (QED) is 0.768. The molecule has 0 spiro atoms. The second kappa shape index (κ2) is 8.03. The summed E-state index contributed by atoms with van der Waals surface area (Å²) >= 11 is 0. The molecule has 2 atom stereocenters. The number of ether oxygens (including phenoxy) is 2. The van der Waals surface area contributed by atoms with Crippen molar-refractivity contribution < 1.29 is 24.2 Å². The summed E-state index contributed by atoms with van der Waals surface area (Å²) in [6.45, 7) is 5.39. The zero-order chi connectivity index (χ0) is 21.2. The van der Waals surface area contributed by atoms with E-state index < -0.39 is 29.7 Å². The lowest BCUT2D eigenvalue weighted by Gasteiger charge is -2.33. The summed E-state index contributed by atoms with van der Waals surface area (Å²) in [5.74, 6) is -1.12. The molecule has 29 heavy (non-hydrogen) atoms. The smallest absolute Gasteiger partial charge is 0.338 e. The minimum atomic E-state index is -1.73. The number of aromatic nitrogens is 2. The first-order valence-corrected chi connectivity index (χ1v) is 9.10. The number of nitrogens with zero attached hydrogens (tertiary/aromatic N) is 4. The molecule has 9 nitrogen and oxygen atoms in total. The highest BCUT2D eigenvalue weighted by Crippen LogP contribution is 2.21. The van der Waals surface area contributed by atoms with Gasteiger partial charge in [-0.2, -0.15) is 5.26 Å². The Labute approximate surface area is 168 Å². The van der Waals surface area contributed by atoms with E-state index in [9.17, 15) is 14.7 Å². The van der Waals surface area contributed by atoms with Crippen LogP contribution >= 0.6 is 0 Å². The molecule has 1 amide bonds. The number of carbonyl (C=O) groups excluding carboxylic acids is 2. The Hall–Kier alpha value is -3.22. The standard InChI is InChI=1S/C20H22N4O5/c1-20(2,3)29-19(27)16(25)17-18(26)23(10-11-28-17)15-8-9-24(22-15)14-6-4-13(12-21)5-7-14/h4-9,16-17,25H,10-11H2,1-3H3/t16-,17-/m1/s1. The van der Waals surface area contributed by atoms with Crippen LogP contribution in [0.5, 0.6) is 0 Å². The molecule has 2 aromatic rings. The summed E-state index contributed by atoms with van der Waals surface area (Å²) in [7, 11) is 0. The fourth-order valence-corrected chi connectivity index (χ4v) is 2.84. The molecule has 2 heterocycles. The van der Waals surface area contributed by atoms with Gasteiger partial charge in [0, 0.05) is 12.3 Å². The van der Waals surface area contributed by atoms with Crippen molar-refractivity contribution in [3.8, 4) is 11.8 Å². The summed E-state index contributed by atoms with van der Waals surface area (Å²) in [5.41, 5.74) is 0.458. The predicted octanol–water partition coefficient (Wildman–Crippen LogP) is 1.18. The number of esters is 1. The summed E-state index contributed by atoms with van der Waals surface area (Å²) < 4.78 is 12.1. The number of amides is 1. The lowest BCUT2D eigenvalue weighted by molar-refractivity contribution is -0.177. The van der Waals surface area contributed by atoms with Gasteiger partial charge < -0.3 is 14.6 Å². The minimum Gasteiger partial charge on any atom is -0.458 e. The fourth-order valence-electron chi connectivity index (χ4n) is 2.84. The topological polar surface area (TPSA) is 118 Å². The highest BCUT2D eigenvalue weighted by atomic mass is 16.6. The second-order valence-electron chi connectivity index (χ2n) is 7.54. The van der Waals surface area contributed by atoms with Gasteiger partial charge in [0.2, 0.25) is 0 Å². The number of hydrogen-bond donors (Lipinski definition) is 1. The molecule has 1 N–H and O–H groups in total. The average Bonchev–Trinajstić information content (AvgIpc) is 3.16. The molecule has 152 valence electrons. The van der Waals surface area contributed by atoms with Crippen LogP contribution in [-0.2, 0) is 19.1 Å². The van der Waals surface area contributed by atoms with Gasteiger partial charge in [-0.05, 0) is 45.0 Å². The van der Waals surface area contributed by atoms with Crippen molar-refractivity contribution >= 4 is 17.7 Å². The van der Waals surface area contributed by atoms with Crippen molar-refractivity contribution in [3.63, 3.8) is 0 Å². The van der Waals surface area contributed by atoms with Crippen molar-refractivity contribution in [2.75, 3.05) is 18.1 Å². The molecule has 1 fully saturated rings. The fraction of sp³-hybridized carbons (Fsp3) is 0.400. The van der Waals surface area contributed by atoms with Gasteiger partial charge >= 0.3 is 5.97 Å². The summed E-state index contributed by atoms with van der Waals surface area (Å²) in [5, 5.41) is 23.6. The van der Waals surface area contributed by atoms with Crippen LogP contribution in [0.3, 0.4) is 0 Å². The van der Waals surface area contributed by atoms with Crippen LogP contribution in [0.1, 0.15) is 26.3 Å². The SMILES string of the molecule is CC(C)(C)OC(=O)[C@H](O)[C@H]1OCCN(c2ccn(-c3ccc(C#N)cc3)n2)C1=O. The predicted molar refractivity (Wildman–Crippen MR) is 102 cm³/mol. The maximum atomic E-state index is 12.8. The summed E-state index contributed by atoms with van der Waals surface area (Å²) in [6.07, 6.45) is -1.41. The molecule has 0 saturated carbocycles. The number of aliphatic hydroxyl groups is 1. The van der Waals surface area contributed by atoms with Crippen LogP contribution in [0.25, 0.3) is 5.69 Å². The van der Waals surface area contributed by atoms with Gasteiger partial charge in [-0.15, -0.1) is 5.10 Å². The molecular weight excluding hydrogens is 376 g/mol. The maximum Gasteiger partial charge on any atom is 0.338 e. The van der Waals surface area contributed by atoms with Gasteiger partial charge in [0.15, 0.2) is 18.0 Å². The second-order valence-corrected chi connectivity index (χ2v) is 7.54. The third kappa shape index (κ3) is 4.62. The van der Waals surface area contributed by atoms with E-state index in [-0.39, 0.29) is 13.2 Å². The minimum absolute atomic E-state index is 0.139. The van der Waals surface area contributed by atoms with E-state index in [4.69, 9.17) is 14.7 Å². The van der Waals surface area contributed by atoms with Crippen molar-refractivity contribution in [1.82, 2.24) is 9.78 Å². The van der Waals surface area contributed by atoms with Gasteiger partial charge in [-0.25, -0.2) is 9.48 Å². The molecule has 1 aromatic heterocycles. The molecule has 1 saturated heterocycles. The van der Waals surface area contributed by atoms with E-state index in [0.29, 0.717) is 11.4 Å². The van der Waals surface area contributed by atoms with Crippen molar-refractivity contribution in [3.05, 3.63) is 42.1 Å². The Morgan fingerprint density at radius 3 is 2.66 bits per heavy atom. The van der Waals surface area contributed by atoms with Crippen molar-refractivity contribution in [1.29, 1.82) is 5.26 Å². The van der Waals surface area contributed by atoms with E-state index >= 15 is 0 Å². The zero-order valence-electron chi connectivity index (χ0n) is 16.4. The van der Waals surface area contributed by atoms with Gasteiger partial charge in [-0.1, -0.05) is 0 Å². The summed E-state index contributed by atoms with van der Waals surface area (Å²) in [6, 6.07) is 10.5. The molecule has 1 aliphatic rings. The van der Waals surface area contributed by atoms with E-state index in [1.807, 2.05) is 6.07 Å². The number of anilines is 1. The van der Waals surface area contributed by atoms with Crippen LogP contribution in [0, 0.1) is 11.3 Å². The van der Waals surface area contributed by atoms with Crippen molar-refractivity contribution in [2.24, 2.45) is 0 Å². The molecular formula is C20H22N4O5. The Balaban J connectivity index is 1.76. The lowest BCUT2D eigenvalue weighted by Crippen LogP contribution is -2.55. The first kappa shape index (κ1) is 20.5. The maximum absolute atomic E-state index is 12.8. The Bertz CT molecular complexity index is 939. The molecule has 0 bridgehead atoms. The first-order chi connectivity index (χ1) is 13.7. The molecule has 0 unspecified atom stereocenters. The number of hydrogen-bond acceptors (Lipinski definition) is 7. The largest absolute Gasteiger partial charge is 0.458 e. The normalized spacial score (nSPS) is 18.2. The Kier molecular flexibility index (Phi) is 5.68. The van der Waals surface area contributed by atoms with Crippen LogP contribution < -0.4 is 4.90 Å². The number of benzene rings is 1. The van der Waals surface area contributed by atoms with Crippen LogP contribution in [0.4, 0.5) is 5.82 Å². The molecule has 3 rings (SSSR count). The lowest BCUT2D eigenvalue weighted by atomic mass is 10.1. The van der Waals surface area contributed by atoms with Gasteiger partial charge in [0.25, 0.3) is 5.91 Å². The highest BCUT2D eigenvalue weighted by molar-refractivity contribution is 5.99. The third-order valence-corrected chi connectivity index (χ3v) is 4.17. The molecule has 0 aliphatic carbocycles. The molecule has 1 aromatic carbocycles. The van der Waals surface area contributed by atoms with E-state index in [2.05, 4.69) is 5.10 Å². The van der Waals surface area contributed by atoms with E-state index in [1.54, 1.807) is 62.0 Å². The molecule has 0 radical (unpaired) electrons. The van der Waals surface area contributed by atoms with Gasteiger partial charge in [-0.3, -0.25) is 9.69 Å². The van der Waals surface area contributed by atoms with Crippen LogP contribution in [-0.4, -0.2) is 57.7 Å². The van der Waals surface area contributed by atoms with Crippen molar-refractivity contribution in [2.45, 2.75) is 38.6 Å². The number of morpholine rings is 1. The highest BCUT2D eigenvalue weighted by Gasteiger charge is 2.41. The van der Waals surface area contributed by atoms with E-state index in [0.717, 1.165) is 5.69 Å². The monoisotopic (exact) mass is 398 g/mol. The Morgan fingerprint density at radius 1 is 1.34 bits per heavy atom. The molecule has 9 heteroatoms.